The minimum absolute atomic E-state index is 0.0178. The third-order valence-corrected chi connectivity index (χ3v) is 11.1. The molecule has 1 aliphatic rings. The average Bonchev–Trinajstić information content (AvgIpc) is 3.54. The van der Waals surface area contributed by atoms with Crippen LogP contribution in [0.25, 0.3) is 0 Å². The van der Waals surface area contributed by atoms with E-state index in [9.17, 15) is 19.2 Å². The molecule has 1 aromatic carbocycles. The highest BCUT2D eigenvalue weighted by Gasteiger charge is 2.40. The molecule has 4 amide bonds. The van der Waals surface area contributed by atoms with Crippen LogP contribution >= 0.6 is 11.8 Å². The van der Waals surface area contributed by atoms with E-state index in [4.69, 9.17) is 4.74 Å². The van der Waals surface area contributed by atoms with Crippen LogP contribution in [0.2, 0.25) is 0 Å². The molecule has 0 bridgehead atoms. The molecule has 1 aliphatic heterocycles. The van der Waals surface area contributed by atoms with Crippen LogP contribution in [-0.4, -0.2) is 109 Å². The molecule has 1 saturated heterocycles. The van der Waals surface area contributed by atoms with E-state index in [-0.39, 0.29) is 65.1 Å². The molecule has 10 nitrogen and oxygen atoms in total. The number of methoxy groups -OCH3 is 1. The third-order valence-electron chi connectivity index (χ3n) is 9.97. The second-order valence-electron chi connectivity index (χ2n) is 14.1. The molecule has 7 unspecified atom stereocenters. The van der Waals surface area contributed by atoms with Gasteiger partial charge in [0, 0.05) is 33.3 Å². The Labute approximate surface area is 300 Å². The van der Waals surface area contributed by atoms with Crippen molar-refractivity contribution < 1.29 is 23.9 Å². The molecule has 7 atom stereocenters. The fourth-order valence-corrected chi connectivity index (χ4v) is 7.95. The molecule has 0 saturated carbocycles. The predicted molar refractivity (Wildman–Crippen MR) is 200 cm³/mol. The van der Waals surface area contributed by atoms with E-state index in [1.165, 1.54) is 5.56 Å². The second-order valence-corrected chi connectivity index (χ2v) is 15.6. The first kappa shape index (κ1) is 42.5. The summed E-state index contributed by atoms with van der Waals surface area (Å²) >= 11 is 1.63. The van der Waals surface area contributed by atoms with Gasteiger partial charge in [-0.2, -0.15) is 0 Å². The van der Waals surface area contributed by atoms with Crippen molar-refractivity contribution in [3.05, 3.63) is 35.9 Å². The third kappa shape index (κ3) is 12.6. The van der Waals surface area contributed by atoms with Gasteiger partial charge in [0.15, 0.2) is 0 Å². The summed E-state index contributed by atoms with van der Waals surface area (Å²) in [5.41, 5.74) is 1.18. The molecule has 11 heteroatoms. The van der Waals surface area contributed by atoms with Crippen LogP contribution in [0.3, 0.4) is 0 Å². The van der Waals surface area contributed by atoms with Gasteiger partial charge in [0.2, 0.25) is 23.6 Å². The van der Waals surface area contributed by atoms with Crippen LogP contribution in [0.4, 0.5) is 0 Å². The average molecular weight is 704 g/mol. The first-order chi connectivity index (χ1) is 23.3. The van der Waals surface area contributed by atoms with Crippen LogP contribution in [-0.2, 0) is 30.3 Å². The summed E-state index contributed by atoms with van der Waals surface area (Å²) in [5, 5.41) is 8.95. The van der Waals surface area contributed by atoms with Gasteiger partial charge in [-0.05, 0) is 61.8 Å². The maximum Gasteiger partial charge on any atom is 0.245 e. The molecule has 2 rings (SSSR count). The number of ether oxygens (including phenoxy) is 1. The molecule has 0 spiro atoms. The van der Waals surface area contributed by atoms with Gasteiger partial charge < -0.3 is 30.5 Å². The van der Waals surface area contributed by atoms with Gasteiger partial charge in [0.25, 0.3) is 0 Å². The molecule has 1 aromatic rings. The summed E-state index contributed by atoms with van der Waals surface area (Å²) in [5.74, 6) is 0.367. The molecular weight excluding hydrogens is 639 g/mol. The number of amides is 4. The number of rotatable bonds is 21. The van der Waals surface area contributed by atoms with E-state index in [1.807, 2.05) is 50.8 Å². The zero-order valence-corrected chi connectivity index (χ0v) is 32.6. The molecular formula is C38H65N5O5S. The van der Waals surface area contributed by atoms with Crippen molar-refractivity contribution in [2.45, 2.75) is 123 Å². The van der Waals surface area contributed by atoms with E-state index < -0.39 is 18.2 Å². The maximum absolute atomic E-state index is 14.1. The van der Waals surface area contributed by atoms with Crippen molar-refractivity contribution in [2.24, 2.45) is 17.8 Å². The van der Waals surface area contributed by atoms with E-state index >= 15 is 0 Å². The topological polar surface area (TPSA) is 120 Å². The molecule has 278 valence electrons. The Balaban J connectivity index is 2.17. The number of nitrogens with zero attached hydrogens (tertiary/aromatic N) is 2. The first-order valence-corrected chi connectivity index (χ1v) is 19.4. The number of nitrogens with one attached hydrogen (secondary N) is 3. The highest BCUT2D eigenvalue weighted by molar-refractivity contribution is 8.00. The van der Waals surface area contributed by atoms with Crippen molar-refractivity contribution in [1.29, 1.82) is 0 Å². The Morgan fingerprint density at radius 1 is 1.00 bits per heavy atom. The van der Waals surface area contributed by atoms with Crippen LogP contribution < -0.4 is 16.0 Å². The van der Waals surface area contributed by atoms with Gasteiger partial charge in [-0.1, -0.05) is 85.2 Å². The molecule has 1 heterocycles. The lowest BCUT2D eigenvalue weighted by atomic mass is 9.89. The Morgan fingerprint density at radius 2 is 1.65 bits per heavy atom. The number of likely N-dealkylation sites (tertiary alicyclic amines) is 1. The van der Waals surface area contributed by atoms with Crippen molar-refractivity contribution in [3.63, 3.8) is 0 Å². The van der Waals surface area contributed by atoms with Gasteiger partial charge in [0.05, 0.1) is 29.9 Å². The Hall–Kier alpha value is -2.63. The Kier molecular flexibility index (Phi) is 18.7. The van der Waals surface area contributed by atoms with Crippen LogP contribution in [0.5, 0.6) is 0 Å². The normalized spacial score (nSPS) is 18.4. The number of thioether (sulfide) groups is 1. The largest absolute Gasteiger partial charge is 0.379 e. The summed E-state index contributed by atoms with van der Waals surface area (Å²) in [4.78, 5) is 58.1. The van der Waals surface area contributed by atoms with Crippen LogP contribution in [0.15, 0.2) is 30.3 Å². The van der Waals surface area contributed by atoms with Gasteiger partial charge in [0.1, 0.15) is 6.04 Å². The molecule has 0 aliphatic carbocycles. The zero-order valence-electron chi connectivity index (χ0n) is 31.8. The number of benzene rings is 1. The Morgan fingerprint density at radius 3 is 2.20 bits per heavy atom. The highest BCUT2D eigenvalue weighted by atomic mass is 32.2. The molecule has 0 radical (unpaired) electrons. The number of carbonyl (C=O) groups excluding carboxylic acids is 4. The van der Waals surface area contributed by atoms with Gasteiger partial charge >= 0.3 is 0 Å². The predicted octanol–water partition coefficient (Wildman–Crippen LogP) is 4.51. The molecule has 3 N–H and O–H groups in total. The van der Waals surface area contributed by atoms with E-state index in [2.05, 4.69) is 48.9 Å². The lowest BCUT2D eigenvalue weighted by Crippen LogP contribution is -2.59. The molecule has 1 fully saturated rings. The fourth-order valence-electron chi connectivity index (χ4n) is 6.96. The van der Waals surface area contributed by atoms with Crippen molar-refractivity contribution in [3.8, 4) is 0 Å². The van der Waals surface area contributed by atoms with Crippen molar-refractivity contribution in [2.75, 3.05) is 40.0 Å². The lowest BCUT2D eigenvalue weighted by molar-refractivity contribution is -0.146. The summed E-state index contributed by atoms with van der Waals surface area (Å²) in [7, 11) is 5.11. The highest BCUT2D eigenvalue weighted by Crippen LogP contribution is 2.29. The number of hydrogen-bond acceptors (Lipinski definition) is 7. The van der Waals surface area contributed by atoms with Crippen LogP contribution in [0.1, 0.15) is 86.1 Å². The van der Waals surface area contributed by atoms with E-state index in [1.54, 1.807) is 37.9 Å². The Bertz CT molecular complexity index is 1170. The fraction of sp³-hybridized carbons (Fsp3) is 0.737. The standard InChI is InChI=1S/C38H65N5O5S/c1-11-27(7)35(42(9)38(47)34(26(5)6)41-37(46)33(39-8)25(3)4)30(48-10)24-32(44)43-22-16-19-29(43)23-31(49-12-2)36(45)40-21-20-28-17-14-13-15-18-28/h13-15,17-18,25-27,29-31,33-35,39H,11-12,16,19-24H2,1-10H3,(H,40,45)(H,41,46). The minimum atomic E-state index is -0.721. The monoisotopic (exact) mass is 703 g/mol. The zero-order chi connectivity index (χ0) is 36.7. The minimum Gasteiger partial charge on any atom is -0.379 e. The summed E-state index contributed by atoms with van der Waals surface area (Å²) in [6.45, 7) is 15.2. The summed E-state index contributed by atoms with van der Waals surface area (Å²) in [6, 6.07) is 8.57. The van der Waals surface area contributed by atoms with E-state index in [0.717, 1.165) is 31.4 Å². The molecule has 49 heavy (non-hydrogen) atoms. The molecule has 0 aromatic heterocycles. The van der Waals surface area contributed by atoms with Gasteiger partial charge in [-0.15, -0.1) is 11.8 Å². The van der Waals surface area contributed by atoms with Gasteiger partial charge in [-0.25, -0.2) is 0 Å². The van der Waals surface area contributed by atoms with Crippen molar-refractivity contribution in [1.82, 2.24) is 25.8 Å². The number of hydrogen-bond donors (Lipinski definition) is 3. The summed E-state index contributed by atoms with van der Waals surface area (Å²) in [6.07, 6.45) is 3.49. The van der Waals surface area contributed by atoms with Gasteiger partial charge in [-0.3, -0.25) is 19.2 Å². The number of carbonyl (C=O) groups is 4. The van der Waals surface area contributed by atoms with E-state index in [0.29, 0.717) is 19.5 Å². The first-order valence-electron chi connectivity index (χ1n) is 18.3. The quantitative estimate of drug-likeness (QED) is 0.172. The SMILES string of the molecule is CCSC(CC1CCCN1C(=O)CC(OC)C(C(C)CC)N(C)C(=O)C(NC(=O)C(NC)C(C)C)C(C)C)C(=O)NCCc1ccccc1. The van der Waals surface area contributed by atoms with Crippen molar-refractivity contribution >= 4 is 35.4 Å². The summed E-state index contributed by atoms with van der Waals surface area (Å²) < 4.78 is 6.01. The van der Waals surface area contributed by atoms with Crippen LogP contribution in [0, 0.1) is 17.8 Å². The second kappa shape index (κ2) is 21.6. The number of likely N-dealkylation sites (N-methyl/N-ethyl adjacent to an activating group) is 2. The smallest absolute Gasteiger partial charge is 0.245 e. The lowest BCUT2D eigenvalue weighted by Gasteiger charge is -2.40. The maximum atomic E-state index is 14.1.